The second kappa shape index (κ2) is 7.68. The van der Waals surface area contributed by atoms with Gasteiger partial charge in [-0.3, -0.25) is 9.78 Å². The molecule has 0 aliphatic rings. The van der Waals surface area contributed by atoms with E-state index in [0.717, 1.165) is 26.3 Å². The van der Waals surface area contributed by atoms with Gasteiger partial charge >= 0.3 is 0 Å². The lowest BCUT2D eigenvalue weighted by Gasteiger charge is -2.26. The molecule has 0 fully saturated rings. The minimum absolute atomic E-state index is 0.0266. The van der Waals surface area contributed by atoms with Crippen LogP contribution >= 0.6 is 27.3 Å². The van der Waals surface area contributed by atoms with Crippen molar-refractivity contribution in [1.82, 2.24) is 15.3 Å². The van der Waals surface area contributed by atoms with E-state index in [4.69, 9.17) is 0 Å². The summed E-state index contributed by atoms with van der Waals surface area (Å²) in [5, 5.41) is 5.97. The van der Waals surface area contributed by atoms with Crippen LogP contribution in [-0.4, -0.2) is 15.9 Å². The molecule has 1 amide bonds. The van der Waals surface area contributed by atoms with Crippen LogP contribution in [0.2, 0.25) is 0 Å². The molecule has 3 aromatic rings. The number of hydrogen-bond donors (Lipinski definition) is 1. The molecule has 134 valence electrons. The highest BCUT2D eigenvalue weighted by atomic mass is 79.9. The van der Waals surface area contributed by atoms with Gasteiger partial charge in [-0.2, -0.15) is 0 Å². The first-order chi connectivity index (χ1) is 12.4. The molecule has 6 heteroatoms. The zero-order valence-electron chi connectivity index (χ0n) is 14.9. The lowest BCUT2D eigenvalue weighted by molar-refractivity contribution is -0.126. The third-order valence-corrected chi connectivity index (χ3v) is 5.83. The Labute approximate surface area is 165 Å². The van der Waals surface area contributed by atoms with Crippen molar-refractivity contribution in [1.29, 1.82) is 0 Å². The number of aromatic nitrogens is 2. The fourth-order valence-electron chi connectivity index (χ4n) is 2.58. The number of rotatable bonds is 5. The van der Waals surface area contributed by atoms with Gasteiger partial charge in [0.1, 0.15) is 5.01 Å². The molecule has 4 nitrogen and oxygen atoms in total. The second-order valence-electron chi connectivity index (χ2n) is 6.64. The Morgan fingerprint density at radius 3 is 2.77 bits per heavy atom. The average Bonchev–Trinajstić information content (AvgIpc) is 3.12. The molecule has 0 aliphatic heterocycles. The molecule has 0 bridgehead atoms. The summed E-state index contributed by atoms with van der Waals surface area (Å²) in [7, 11) is 0. The number of nitrogens with one attached hydrogen (secondary N) is 1. The Balaban J connectivity index is 1.74. The van der Waals surface area contributed by atoms with Crippen molar-refractivity contribution in [3.05, 3.63) is 69.2 Å². The zero-order chi connectivity index (χ0) is 18.7. The molecule has 0 radical (unpaired) electrons. The van der Waals surface area contributed by atoms with Crippen molar-refractivity contribution < 1.29 is 4.79 Å². The summed E-state index contributed by atoms with van der Waals surface area (Å²) in [6.07, 6.45) is 3.53. The van der Waals surface area contributed by atoms with E-state index in [-0.39, 0.29) is 11.9 Å². The monoisotopic (exact) mass is 429 g/mol. The summed E-state index contributed by atoms with van der Waals surface area (Å²) in [5.41, 5.74) is 2.18. The minimum atomic E-state index is -0.637. The number of carbonyl (C=O) groups excluding carboxylic acids is 1. The predicted octanol–water partition coefficient (Wildman–Crippen LogP) is 5.12. The smallest absolute Gasteiger partial charge is 0.230 e. The van der Waals surface area contributed by atoms with E-state index in [1.807, 2.05) is 62.5 Å². The van der Waals surface area contributed by atoms with Crippen molar-refractivity contribution in [2.75, 3.05) is 0 Å². The lowest BCUT2D eigenvalue weighted by atomic mass is 9.83. The Bertz CT molecular complexity index is 908. The van der Waals surface area contributed by atoms with Gasteiger partial charge in [0.25, 0.3) is 0 Å². The van der Waals surface area contributed by atoms with Gasteiger partial charge in [-0.1, -0.05) is 28.1 Å². The quantitative estimate of drug-likeness (QED) is 0.611. The molecule has 2 aromatic heterocycles. The number of hydrogen-bond acceptors (Lipinski definition) is 4. The van der Waals surface area contributed by atoms with Crippen molar-refractivity contribution in [2.24, 2.45) is 0 Å². The first kappa shape index (κ1) is 18.7. The fourth-order valence-corrected chi connectivity index (χ4v) is 3.82. The molecule has 2 heterocycles. The van der Waals surface area contributed by atoms with E-state index < -0.39 is 5.41 Å². The predicted molar refractivity (Wildman–Crippen MR) is 109 cm³/mol. The molecule has 1 N–H and O–H groups in total. The molecule has 3 rings (SSSR count). The number of pyridine rings is 1. The van der Waals surface area contributed by atoms with E-state index in [1.54, 1.807) is 23.7 Å². The third-order valence-electron chi connectivity index (χ3n) is 4.31. The maximum atomic E-state index is 12.9. The third kappa shape index (κ3) is 4.02. The first-order valence-electron chi connectivity index (χ1n) is 8.31. The van der Waals surface area contributed by atoms with Gasteiger partial charge in [-0.25, -0.2) is 4.98 Å². The number of halogens is 1. The summed E-state index contributed by atoms with van der Waals surface area (Å²) in [6.45, 7) is 5.82. The van der Waals surface area contributed by atoms with Crippen LogP contribution in [0.5, 0.6) is 0 Å². The Kier molecular flexibility index (Phi) is 5.53. The standard InChI is InChI=1S/C20H20BrN3OS/c1-13(18-24-17(12-26-18)14-6-5-9-22-11-14)23-19(25)20(2,3)15-7-4-8-16(21)10-15/h4-13H,1-3H3,(H,23,25). The molecular formula is C20H20BrN3OS. The summed E-state index contributed by atoms with van der Waals surface area (Å²) in [5.74, 6) is -0.0266. The van der Waals surface area contributed by atoms with Crippen LogP contribution in [0.15, 0.2) is 58.6 Å². The SMILES string of the molecule is CC(NC(=O)C(C)(C)c1cccc(Br)c1)c1nc(-c2cccnc2)cs1. The van der Waals surface area contributed by atoms with E-state index in [0.29, 0.717) is 0 Å². The summed E-state index contributed by atoms with van der Waals surface area (Å²) in [6, 6.07) is 11.6. The fraction of sp³-hybridized carbons (Fsp3) is 0.250. The lowest BCUT2D eigenvalue weighted by Crippen LogP contribution is -2.41. The zero-order valence-corrected chi connectivity index (χ0v) is 17.3. The summed E-state index contributed by atoms with van der Waals surface area (Å²) >= 11 is 5.01. The van der Waals surface area contributed by atoms with Crippen LogP contribution < -0.4 is 5.32 Å². The number of benzene rings is 1. The number of nitrogens with zero attached hydrogens (tertiary/aromatic N) is 2. The van der Waals surface area contributed by atoms with Crippen LogP contribution in [0.4, 0.5) is 0 Å². The van der Waals surface area contributed by atoms with Gasteiger partial charge < -0.3 is 5.32 Å². The average molecular weight is 430 g/mol. The van der Waals surface area contributed by atoms with Crippen molar-refractivity contribution in [3.63, 3.8) is 0 Å². The molecule has 1 unspecified atom stereocenters. The van der Waals surface area contributed by atoms with Gasteiger partial charge in [0, 0.05) is 27.8 Å². The number of carbonyl (C=O) groups is 1. The Morgan fingerprint density at radius 1 is 1.27 bits per heavy atom. The van der Waals surface area contributed by atoms with Crippen molar-refractivity contribution in [3.8, 4) is 11.3 Å². The summed E-state index contributed by atoms with van der Waals surface area (Å²) < 4.78 is 0.963. The van der Waals surface area contributed by atoms with Crippen molar-refractivity contribution >= 4 is 33.2 Å². The Morgan fingerprint density at radius 2 is 2.08 bits per heavy atom. The van der Waals surface area contributed by atoms with Gasteiger partial charge in [0.05, 0.1) is 17.2 Å². The van der Waals surface area contributed by atoms with Crippen LogP contribution in [0.25, 0.3) is 11.3 Å². The van der Waals surface area contributed by atoms with Crippen LogP contribution in [0.3, 0.4) is 0 Å². The van der Waals surface area contributed by atoms with E-state index >= 15 is 0 Å². The maximum Gasteiger partial charge on any atom is 0.230 e. The number of amides is 1. The second-order valence-corrected chi connectivity index (χ2v) is 8.45. The highest BCUT2D eigenvalue weighted by Gasteiger charge is 2.31. The topological polar surface area (TPSA) is 54.9 Å². The van der Waals surface area contributed by atoms with Crippen LogP contribution in [0, 0.1) is 0 Å². The molecule has 26 heavy (non-hydrogen) atoms. The molecule has 1 atom stereocenters. The largest absolute Gasteiger partial charge is 0.346 e. The molecule has 0 saturated heterocycles. The highest BCUT2D eigenvalue weighted by Crippen LogP contribution is 2.29. The van der Waals surface area contributed by atoms with Crippen molar-refractivity contribution in [2.45, 2.75) is 32.2 Å². The van der Waals surface area contributed by atoms with Crippen LogP contribution in [0.1, 0.15) is 37.4 Å². The first-order valence-corrected chi connectivity index (χ1v) is 9.98. The Hall–Kier alpha value is -2.05. The highest BCUT2D eigenvalue weighted by molar-refractivity contribution is 9.10. The van der Waals surface area contributed by atoms with E-state index in [1.165, 1.54) is 0 Å². The van der Waals surface area contributed by atoms with E-state index in [9.17, 15) is 4.79 Å². The maximum absolute atomic E-state index is 12.9. The van der Waals surface area contributed by atoms with Gasteiger partial charge in [-0.15, -0.1) is 11.3 Å². The number of thiazole rings is 1. The molecule has 0 spiro atoms. The minimum Gasteiger partial charge on any atom is -0.346 e. The normalized spacial score (nSPS) is 12.6. The summed E-state index contributed by atoms with van der Waals surface area (Å²) in [4.78, 5) is 21.7. The van der Waals surface area contributed by atoms with Gasteiger partial charge in [0.15, 0.2) is 0 Å². The molecule has 1 aromatic carbocycles. The van der Waals surface area contributed by atoms with Gasteiger partial charge in [-0.05, 0) is 50.6 Å². The molecule has 0 aliphatic carbocycles. The molecule has 0 saturated carbocycles. The van der Waals surface area contributed by atoms with E-state index in [2.05, 4.69) is 31.2 Å². The van der Waals surface area contributed by atoms with Crippen LogP contribution in [-0.2, 0) is 10.2 Å². The van der Waals surface area contributed by atoms with Gasteiger partial charge in [0.2, 0.25) is 5.91 Å². The molecular weight excluding hydrogens is 410 g/mol.